The molecule has 0 fully saturated rings. The van der Waals surface area contributed by atoms with E-state index in [1.807, 2.05) is 91.9 Å². The summed E-state index contributed by atoms with van der Waals surface area (Å²) in [5, 5.41) is 14.0. The molecule has 0 unspecified atom stereocenters. The van der Waals surface area contributed by atoms with Crippen molar-refractivity contribution in [3.05, 3.63) is 90.5 Å². The molecule has 0 aliphatic heterocycles. The molecule has 0 saturated heterocycles. The normalized spacial score (nSPS) is 11.3. The first kappa shape index (κ1) is 20.0. The minimum atomic E-state index is -0.277. The van der Waals surface area contributed by atoms with Gasteiger partial charge in [0.15, 0.2) is 6.61 Å². The minimum absolute atomic E-state index is 0.158. The van der Waals surface area contributed by atoms with Crippen LogP contribution in [0.5, 0.6) is 5.75 Å². The number of carbonyl (C=O) groups is 1. The molecular weight excluding hydrogens is 428 g/mol. The van der Waals surface area contributed by atoms with Gasteiger partial charge in [0.05, 0.1) is 0 Å². The van der Waals surface area contributed by atoms with Gasteiger partial charge in [0.25, 0.3) is 5.91 Å². The number of nitrogens with one attached hydrogen (secondary N) is 1. The lowest BCUT2D eigenvalue weighted by Gasteiger charge is -2.12. The number of hydrogen-bond acceptors (Lipinski definition) is 5. The first-order valence-corrected chi connectivity index (χ1v) is 10.9. The van der Waals surface area contributed by atoms with Gasteiger partial charge in [-0.2, -0.15) is 0 Å². The number of benzene rings is 4. The molecule has 0 aliphatic carbocycles. The molecule has 34 heavy (non-hydrogen) atoms. The second-order valence-corrected chi connectivity index (χ2v) is 8.10. The molecule has 0 aliphatic rings. The Labute approximate surface area is 194 Å². The lowest BCUT2D eigenvalue weighted by molar-refractivity contribution is -0.118. The van der Waals surface area contributed by atoms with E-state index >= 15 is 0 Å². The fourth-order valence-electron chi connectivity index (χ4n) is 4.02. The highest BCUT2D eigenvalue weighted by atomic mass is 16.5. The van der Waals surface area contributed by atoms with Gasteiger partial charge in [-0.3, -0.25) is 4.79 Å². The SMILES string of the molecule is Cc1ccc(OCC(=O)Nc2ccc3c(c2)oc2ccccc23)c(-n2nc3ccccc3n2)c1. The number of nitrogens with zero attached hydrogens (tertiary/aromatic N) is 3. The van der Waals surface area contributed by atoms with Crippen LogP contribution in [0.15, 0.2) is 89.3 Å². The van der Waals surface area contributed by atoms with Crippen LogP contribution in [0.25, 0.3) is 38.7 Å². The standard InChI is InChI=1S/C27H20N4O3/c1-17-10-13-25(23(14-17)31-29-21-7-3-4-8-22(21)30-31)33-16-27(32)28-18-11-12-20-19-6-2-5-9-24(19)34-26(20)15-18/h2-15H,16H2,1H3,(H,28,32). The van der Waals surface area contributed by atoms with Gasteiger partial charge < -0.3 is 14.5 Å². The molecule has 4 aromatic carbocycles. The third-order valence-electron chi connectivity index (χ3n) is 5.64. The Kier molecular flexibility index (Phi) is 4.73. The predicted octanol–water partition coefficient (Wildman–Crippen LogP) is 5.65. The second kappa shape index (κ2) is 8.04. The molecule has 0 bridgehead atoms. The Morgan fingerprint density at radius 3 is 2.44 bits per heavy atom. The lowest BCUT2D eigenvalue weighted by Crippen LogP contribution is -2.20. The fourth-order valence-corrected chi connectivity index (χ4v) is 4.02. The molecule has 2 heterocycles. The summed E-state index contributed by atoms with van der Waals surface area (Å²) in [6.07, 6.45) is 0. The van der Waals surface area contributed by atoms with Crippen molar-refractivity contribution in [1.82, 2.24) is 15.0 Å². The number of carbonyl (C=O) groups excluding carboxylic acids is 1. The zero-order chi connectivity index (χ0) is 23.1. The van der Waals surface area contributed by atoms with Crippen molar-refractivity contribution in [3.63, 3.8) is 0 Å². The number of aryl methyl sites for hydroxylation is 1. The van der Waals surface area contributed by atoms with E-state index in [2.05, 4.69) is 15.5 Å². The summed E-state index contributed by atoms with van der Waals surface area (Å²) in [5.74, 6) is 0.245. The van der Waals surface area contributed by atoms with E-state index in [1.165, 1.54) is 0 Å². The molecule has 7 heteroatoms. The molecule has 1 N–H and O–H groups in total. The van der Waals surface area contributed by atoms with Crippen molar-refractivity contribution in [2.45, 2.75) is 6.92 Å². The van der Waals surface area contributed by atoms with E-state index in [1.54, 1.807) is 4.80 Å². The molecule has 7 nitrogen and oxygen atoms in total. The van der Waals surface area contributed by atoms with Gasteiger partial charge in [-0.1, -0.05) is 36.4 Å². The Balaban J connectivity index is 1.21. The van der Waals surface area contributed by atoms with Crippen LogP contribution >= 0.6 is 0 Å². The number of rotatable bonds is 5. The van der Waals surface area contributed by atoms with Crippen molar-refractivity contribution in [2.24, 2.45) is 0 Å². The van der Waals surface area contributed by atoms with Gasteiger partial charge in [-0.05, 0) is 55.0 Å². The maximum Gasteiger partial charge on any atom is 0.262 e. The molecular formula is C27H20N4O3. The zero-order valence-electron chi connectivity index (χ0n) is 18.4. The van der Waals surface area contributed by atoms with Crippen molar-refractivity contribution in [1.29, 1.82) is 0 Å². The number of ether oxygens (including phenoxy) is 1. The summed E-state index contributed by atoms with van der Waals surface area (Å²) >= 11 is 0. The number of hydrogen-bond donors (Lipinski definition) is 1. The molecule has 1 amide bonds. The van der Waals surface area contributed by atoms with Gasteiger partial charge in [-0.25, -0.2) is 0 Å². The van der Waals surface area contributed by atoms with Crippen LogP contribution < -0.4 is 10.1 Å². The number of anilines is 1. The second-order valence-electron chi connectivity index (χ2n) is 8.10. The Hall–Kier alpha value is -4.65. The number of furan rings is 1. The van der Waals surface area contributed by atoms with Crippen LogP contribution in [0.2, 0.25) is 0 Å². The molecule has 0 saturated carbocycles. The quantitative estimate of drug-likeness (QED) is 0.369. The van der Waals surface area contributed by atoms with Crippen molar-refractivity contribution >= 4 is 44.6 Å². The smallest absolute Gasteiger partial charge is 0.262 e. The summed E-state index contributed by atoms with van der Waals surface area (Å²) in [4.78, 5) is 14.2. The highest BCUT2D eigenvalue weighted by Gasteiger charge is 2.13. The van der Waals surface area contributed by atoms with Crippen LogP contribution in [-0.2, 0) is 4.79 Å². The molecule has 0 spiro atoms. The van der Waals surface area contributed by atoms with E-state index in [-0.39, 0.29) is 12.5 Å². The zero-order valence-corrected chi connectivity index (χ0v) is 18.4. The average molecular weight is 448 g/mol. The third kappa shape index (κ3) is 3.63. The highest BCUT2D eigenvalue weighted by molar-refractivity contribution is 6.06. The first-order chi connectivity index (χ1) is 16.6. The number of para-hydroxylation sites is 1. The summed E-state index contributed by atoms with van der Waals surface area (Å²) in [5.41, 5.74) is 5.46. The first-order valence-electron chi connectivity index (χ1n) is 10.9. The number of fused-ring (bicyclic) bond motifs is 4. The van der Waals surface area contributed by atoms with Gasteiger partial charge in [0, 0.05) is 22.5 Å². The molecule has 6 aromatic rings. The van der Waals surface area contributed by atoms with Crippen LogP contribution in [0.3, 0.4) is 0 Å². The Bertz CT molecular complexity index is 1650. The van der Waals surface area contributed by atoms with Crippen LogP contribution in [0, 0.1) is 6.92 Å². The summed E-state index contributed by atoms with van der Waals surface area (Å²) in [6, 6.07) is 26.8. The molecule has 166 valence electrons. The van der Waals surface area contributed by atoms with E-state index in [0.717, 1.165) is 38.5 Å². The lowest BCUT2D eigenvalue weighted by atomic mass is 10.1. The Morgan fingerprint density at radius 2 is 1.62 bits per heavy atom. The molecule has 0 radical (unpaired) electrons. The third-order valence-corrected chi connectivity index (χ3v) is 5.64. The summed E-state index contributed by atoms with van der Waals surface area (Å²) in [7, 11) is 0. The van der Waals surface area contributed by atoms with Gasteiger partial charge in [0.2, 0.25) is 0 Å². The van der Waals surface area contributed by atoms with Crippen LogP contribution in [0.1, 0.15) is 5.56 Å². The Morgan fingerprint density at radius 1 is 0.882 bits per heavy atom. The number of aromatic nitrogens is 3. The molecule has 6 rings (SSSR count). The highest BCUT2D eigenvalue weighted by Crippen LogP contribution is 2.30. The van der Waals surface area contributed by atoms with E-state index < -0.39 is 0 Å². The predicted molar refractivity (Wildman–Crippen MR) is 131 cm³/mol. The van der Waals surface area contributed by atoms with Gasteiger partial charge >= 0.3 is 0 Å². The summed E-state index contributed by atoms with van der Waals surface area (Å²) < 4.78 is 11.8. The van der Waals surface area contributed by atoms with Crippen molar-refractivity contribution < 1.29 is 13.9 Å². The van der Waals surface area contributed by atoms with Crippen molar-refractivity contribution in [2.75, 3.05) is 11.9 Å². The maximum absolute atomic E-state index is 12.6. The van der Waals surface area contributed by atoms with Crippen molar-refractivity contribution in [3.8, 4) is 11.4 Å². The number of amides is 1. The van der Waals surface area contributed by atoms with Gasteiger partial charge in [-0.15, -0.1) is 15.0 Å². The maximum atomic E-state index is 12.6. The monoisotopic (exact) mass is 448 g/mol. The van der Waals surface area contributed by atoms with E-state index in [0.29, 0.717) is 17.1 Å². The molecule has 2 aromatic heterocycles. The van der Waals surface area contributed by atoms with E-state index in [4.69, 9.17) is 9.15 Å². The largest absolute Gasteiger partial charge is 0.481 e. The van der Waals surface area contributed by atoms with Gasteiger partial charge in [0.1, 0.15) is 33.6 Å². The van der Waals surface area contributed by atoms with Crippen LogP contribution in [0.4, 0.5) is 5.69 Å². The summed E-state index contributed by atoms with van der Waals surface area (Å²) in [6.45, 7) is 1.83. The van der Waals surface area contributed by atoms with E-state index in [9.17, 15) is 4.79 Å². The minimum Gasteiger partial charge on any atom is -0.481 e. The van der Waals surface area contributed by atoms with Crippen LogP contribution in [-0.4, -0.2) is 27.5 Å². The fraction of sp³-hybridized carbons (Fsp3) is 0.0741. The molecule has 0 atom stereocenters. The topological polar surface area (TPSA) is 82.2 Å². The average Bonchev–Trinajstić information content (AvgIpc) is 3.44.